The Morgan fingerprint density at radius 2 is 1.68 bits per heavy atom. The average Bonchev–Trinajstić information content (AvgIpc) is 2.93. The lowest BCUT2D eigenvalue weighted by atomic mass is 10.1. The topological polar surface area (TPSA) is 76.2 Å². The normalized spacial score (nSPS) is 16.5. The molecular formula is C18H22N2O5. The van der Waals surface area contributed by atoms with Crippen LogP contribution in [0.5, 0.6) is 11.5 Å². The number of hydrogen-bond donors (Lipinski definition) is 0. The first-order chi connectivity index (χ1) is 12.0. The number of ketones is 1. The number of benzene rings is 1. The summed E-state index contributed by atoms with van der Waals surface area (Å²) < 4.78 is 10.6. The summed E-state index contributed by atoms with van der Waals surface area (Å²) in [6, 6.07) is 5.17. The molecule has 7 heteroatoms. The Morgan fingerprint density at radius 1 is 0.960 bits per heavy atom. The zero-order valence-electron chi connectivity index (χ0n) is 14.3. The monoisotopic (exact) mass is 346 g/mol. The molecular weight excluding hydrogens is 324 g/mol. The Balaban J connectivity index is 1.60. The summed E-state index contributed by atoms with van der Waals surface area (Å²) >= 11 is 0. The fourth-order valence-electron chi connectivity index (χ4n) is 3.02. The zero-order chi connectivity index (χ0) is 17.8. The maximum atomic E-state index is 12.7. The van der Waals surface area contributed by atoms with E-state index in [1.807, 2.05) is 0 Å². The number of carbonyl (C=O) groups excluding carboxylic acids is 3. The van der Waals surface area contributed by atoms with Crippen molar-refractivity contribution in [1.29, 1.82) is 0 Å². The first-order valence-electron chi connectivity index (χ1n) is 8.51. The van der Waals surface area contributed by atoms with Crippen LogP contribution in [0.1, 0.15) is 36.5 Å². The number of fused-ring (bicyclic) bond motifs is 1. The second-order valence-electron chi connectivity index (χ2n) is 6.30. The van der Waals surface area contributed by atoms with Crippen molar-refractivity contribution in [2.24, 2.45) is 0 Å². The van der Waals surface area contributed by atoms with Crippen molar-refractivity contribution in [3.05, 3.63) is 23.8 Å². The van der Waals surface area contributed by atoms with E-state index in [1.165, 1.54) is 6.92 Å². The summed E-state index contributed by atoms with van der Waals surface area (Å²) in [6.45, 7) is 3.85. The van der Waals surface area contributed by atoms with Crippen molar-refractivity contribution < 1.29 is 23.9 Å². The van der Waals surface area contributed by atoms with Crippen LogP contribution in [0.15, 0.2) is 18.2 Å². The predicted octanol–water partition coefficient (Wildman–Crippen LogP) is 1.46. The van der Waals surface area contributed by atoms with Gasteiger partial charge in [0.2, 0.25) is 12.7 Å². The summed E-state index contributed by atoms with van der Waals surface area (Å²) in [6.07, 6.45) is 1.24. The molecule has 1 aromatic rings. The number of carbonyl (C=O) groups is 3. The van der Waals surface area contributed by atoms with E-state index in [0.29, 0.717) is 43.2 Å². The minimum atomic E-state index is -0.0728. The second-order valence-corrected chi connectivity index (χ2v) is 6.30. The van der Waals surface area contributed by atoms with Crippen molar-refractivity contribution in [3.63, 3.8) is 0 Å². The SMILES string of the molecule is CC(=O)CCC(=O)N1CCCN(C(=O)c2ccc3c(c2)OCO3)CC1. The van der Waals surface area contributed by atoms with E-state index in [4.69, 9.17) is 9.47 Å². The fourth-order valence-corrected chi connectivity index (χ4v) is 3.02. The van der Waals surface area contributed by atoms with Gasteiger partial charge in [0.05, 0.1) is 0 Å². The summed E-state index contributed by atoms with van der Waals surface area (Å²) in [5.41, 5.74) is 0.556. The highest BCUT2D eigenvalue weighted by Crippen LogP contribution is 2.32. The summed E-state index contributed by atoms with van der Waals surface area (Å²) in [5.74, 6) is 1.16. The molecule has 0 aromatic heterocycles. The quantitative estimate of drug-likeness (QED) is 0.825. The van der Waals surface area contributed by atoms with Gasteiger partial charge in [-0.15, -0.1) is 0 Å². The summed E-state index contributed by atoms with van der Waals surface area (Å²) in [7, 11) is 0. The van der Waals surface area contributed by atoms with Gasteiger partial charge in [-0.05, 0) is 31.5 Å². The van der Waals surface area contributed by atoms with Gasteiger partial charge in [0.15, 0.2) is 11.5 Å². The van der Waals surface area contributed by atoms with Crippen LogP contribution < -0.4 is 9.47 Å². The average molecular weight is 346 g/mol. The maximum Gasteiger partial charge on any atom is 0.254 e. The molecule has 3 rings (SSSR count). The zero-order valence-corrected chi connectivity index (χ0v) is 14.3. The molecule has 2 amide bonds. The number of amides is 2. The lowest BCUT2D eigenvalue weighted by Gasteiger charge is -2.22. The van der Waals surface area contributed by atoms with Crippen molar-refractivity contribution in [1.82, 2.24) is 9.80 Å². The largest absolute Gasteiger partial charge is 0.454 e. The lowest BCUT2D eigenvalue weighted by molar-refractivity contribution is -0.132. The molecule has 0 bridgehead atoms. The highest BCUT2D eigenvalue weighted by molar-refractivity contribution is 5.95. The van der Waals surface area contributed by atoms with E-state index in [0.717, 1.165) is 6.42 Å². The molecule has 0 unspecified atom stereocenters. The molecule has 2 heterocycles. The van der Waals surface area contributed by atoms with E-state index >= 15 is 0 Å². The first kappa shape index (κ1) is 17.3. The molecule has 1 aromatic carbocycles. The fraction of sp³-hybridized carbons (Fsp3) is 0.500. The molecule has 2 aliphatic heterocycles. The summed E-state index contributed by atoms with van der Waals surface area (Å²) in [4.78, 5) is 39.4. The van der Waals surface area contributed by atoms with Crippen molar-refractivity contribution in [3.8, 4) is 11.5 Å². The van der Waals surface area contributed by atoms with E-state index in [9.17, 15) is 14.4 Å². The van der Waals surface area contributed by atoms with Crippen molar-refractivity contribution >= 4 is 17.6 Å². The molecule has 0 N–H and O–H groups in total. The molecule has 2 aliphatic rings. The molecule has 0 radical (unpaired) electrons. The molecule has 7 nitrogen and oxygen atoms in total. The summed E-state index contributed by atoms with van der Waals surface area (Å²) in [5, 5.41) is 0. The van der Waals surface area contributed by atoms with Crippen LogP contribution in [0.2, 0.25) is 0 Å². The maximum absolute atomic E-state index is 12.7. The van der Waals surface area contributed by atoms with Crippen LogP contribution in [0.4, 0.5) is 0 Å². The van der Waals surface area contributed by atoms with E-state index in [2.05, 4.69) is 0 Å². The van der Waals surface area contributed by atoms with Gasteiger partial charge in [-0.1, -0.05) is 0 Å². The van der Waals surface area contributed by atoms with Gasteiger partial charge in [-0.2, -0.15) is 0 Å². The number of rotatable bonds is 4. The van der Waals surface area contributed by atoms with Crippen LogP contribution in [0.3, 0.4) is 0 Å². The lowest BCUT2D eigenvalue weighted by Crippen LogP contribution is -2.37. The molecule has 0 atom stereocenters. The van der Waals surface area contributed by atoms with Gasteiger partial charge in [0.25, 0.3) is 5.91 Å². The third-order valence-electron chi connectivity index (χ3n) is 4.45. The number of ether oxygens (including phenoxy) is 2. The Bertz CT molecular complexity index is 688. The van der Waals surface area contributed by atoms with Gasteiger partial charge in [0, 0.05) is 44.6 Å². The van der Waals surface area contributed by atoms with Gasteiger partial charge in [-0.3, -0.25) is 9.59 Å². The molecule has 0 aliphatic carbocycles. The highest BCUT2D eigenvalue weighted by Gasteiger charge is 2.24. The first-order valence-corrected chi connectivity index (χ1v) is 8.51. The van der Waals surface area contributed by atoms with Crippen molar-refractivity contribution in [2.45, 2.75) is 26.2 Å². The van der Waals surface area contributed by atoms with E-state index < -0.39 is 0 Å². The van der Waals surface area contributed by atoms with Gasteiger partial charge >= 0.3 is 0 Å². The Labute approximate surface area is 146 Å². The second kappa shape index (κ2) is 7.55. The highest BCUT2D eigenvalue weighted by atomic mass is 16.7. The number of hydrogen-bond acceptors (Lipinski definition) is 5. The molecule has 1 fully saturated rings. The van der Waals surface area contributed by atoms with Gasteiger partial charge in [-0.25, -0.2) is 0 Å². The third kappa shape index (κ3) is 4.10. The van der Waals surface area contributed by atoms with Gasteiger partial charge < -0.3 is 24.1 Å². The smallest absolute Gasteiger partial charge is 0.254 e. The Morgan fingerprint density at radius 3 is 2.48 bits per heavy atom. The van der Waals surface area contributed by atoms with Gasteiger partial charge in [0.1, 0.15) is 5.78 Å². The standard InChI is InChI=1S/C18H22N2O5/c1-13(21)3-6-17(22)19-7-2-8-20(10-9-19)18(23)14-4-5-15-16(11-14)25-12-24-15/h4-5,11H,2-3,6-10,12H2,1H3. The number of nitrogens with zero attached hydrogens (tertiary/aromatic N) is 2. The van der Waals surface area contributed by atoms with Crippen LogP contribution in [0, 0.1) is 0 Å². The molecule has 25 heavy (non-hydrogen) atoms. The number of Topliss-reactive ketones (excluding diaryl/α,β-unsaturated/α-hetero) is 1. The van der Waals surface area contributed by atoms with Crippen LogP contribution in [-0.2, 0) is 9.59 Å². The molecule has 134 valence electrons. The Hall–Kier alpha value is -2.57. The third-order valence-corrected chi connectivity index (χ3v) is 4.45. The molecule has 1 saturated heterocycles. The Kier molecular flexibility index (Phi) is 5.21. The van der Waals surface area contributed by atoms with Crippen LogP contribution >= 0.6 is 0 Å². The molecule has 0 saturated carbocycles. The van der Waals surface area contributed by atoms with Crippen LogP contribution in [-0.4, -0.2) is 60.4 Å². The van der Waals surface area contributed by atoms with E-state index in [1.54, 1.807) is 28.0 Å². The van der Waals surface area contributed by atoms with E-state index in [-0.39, 0.29) is 37.2 Å². The van der Waals surface area contributed by atoms with Crippen LogP contribution in [0.25, 0.3) is 0 Å². The predicted molar refractivity (Wildman–Crippen MR) is 89.6 cm³/mol. The minimum Gasteiger partial charge on any atom is -0.454 e. The van der Waals surface area contributed by atoms with Crippen molar-refractivity contribution in [2.75, 3.05) is 33.0 Å². The molecule has 0 spiro atoms. The minimum absolute atomic E-state index is 0.0165.